The van der Waals surface area contributed by atoms with Gasteiger partial charge >= 0.3 is 0 Å². The first-order valence-electron chi connectivity index (χ1n) is 6.06. The van der Waals surface area contributed by atoms with Crippen molar-refractivity contribution < 1.29 is 13.9 Å². The van der Waals surface area contributed by atoms with Gasteiger partial charge in [-0.05, 0) is 36.4 Å². The van der Waals surface area contributed by atoms with Crippen LogP contribution in [0.3, 0.4) is 0 Å². The van der Waals surface area contributed by atoms with E-state index >= 15 is 0 Å². The van der Waals surface area contributed by atoms with Crippen molar-refractivity contribution >= 4 is 17.3 Å². The summed E-state index contributed by atoms with van der Waals surface area (Å²) < 4.78 is 18.2. The Morgan fingerprint density at radius 3 is 2.81 bits per heavy atom. The van der Waals surface area contributed by atoms with Gasteiger partial charge in [-0.1, -0.05) is 6.07 Å². The maximum absolute atomic E-state index is 13.0. The molecule has 106 valence electrons. The number of carbonyl (C=O) groups is 1. The number of hydrogen-bond acceptors (Lipinski definition) is 4. The molecule has 0 saturated heterocycles. The van der Waals surface area contributed by atoms with Gasteiger partial charge in [-0.15, -0.1) is 0 Å². The highest BCUT2D eigenvalue weighted by Gasteiger charge is 2.07. The van der Waals surface area contributed by atoms with Gasteiger partial charge in [0.15, 0.2) is 6.61 Å². The van der Waals surface area contributed by atoms with E-state index in [1.54, 1.807) is 6.07 Å². The lowest BCUT2D eigenvalue weighted by atomic mass is 10.2. The molecule has 6 heteroatoms. The number of nitrogens with two attached hydrogens (primary N) is 1. The first kappa shape index (κ1) is 14.3. The van der Waals surface area contributed by atoms with Crippen LogP contribution in [-0.2, 0) is 4.79 Å². The van der Waals surface area contributed by atoms with E-state index in [-0.39, 0.29) is 12.3 Å². The fourth-order valence-corrected chi connectivity index (χ4v) is 1.66. The number of amides is 1. The van der Waals surface area contributed by atoms with E-state index in [4.69, 9.17) is 15.7 Å². The third-order valence-electron chi connectivity index (χ3n) is 2.61. The molecule has 2 aromatic carbocycles. The monoisotopic (exact) mass is 285 g/mol. The maximum atomic E-state index is 13.0. The second kappa shape index (κ2) is 6.39. The van der Waals surface area contributed by atoms with Gasteiger partial charge in [-0.3, -0.25) is 4.79 Å². The largest absolute Gasteiger partial charge is 0.482 e. The van der Waals surface area contributed by atoms with Crippen molar-refractivity contribution in [1.82, 2.24) is 0 Å². The molecule has 0 heterocycles. The van der Waals surface area contributed by atoms with E-state index in [2.05, 4.69) is 5.32 Å². The molecule has 0 saturated carbocycles. The number of carbonyl (C=O) groups excluding carboxylic acids is 1. The summed E-state index contributed by atoms with van der Waals surface area (Å²) in [6, 6.07) is 12.0. The third kappa shape index (κ3) is 3.94. The molecule has 0 aromatic heterocycles. The lowest BCUT2D eigenvalue weighted by Gasteiger charge is -2.09. The fraction of sp³-hybridized carbons (Fsp3) is 0.0667. The van der Waals surface area contributed by atoms with Crippen molar-refractivity contribution in [2.75, 3.05) is 17.7 Å². The summed E-state index contributed by atoms with van der Waals surface area (Å²) in [6.07, 6.45) is 0. The summed E-state index contributed by atoms with van der Waals surface area (Å²) in [5.41, 5.74) is 6.72. The Morgan fingerprint density at radius 1 is 1.33 bits per heavy atom. The molecule has 1 amide bonds. The molecule has 2 rings (SSSR count). The number of halogens is 1. The number of anilines is 2. The summed E-state index contributed by atoms with van der Waals surface area (Å²) >= 11 is 0. The molecule has 0 aliphatic carbocycles. The van der Waals surface area contributed by atoms with E-state index in [0.717, 1.165) is 0 Å². The normalized spacial score (nSPS) is 9.71. The second-order valence-corrected chi connectivity index (χ2v) is 4.21. The number of hydrogen-bond donors (Lipinski definition) is 2. The van der Waals surface area contributed by atoms with Crippen molar-refractivity contribution in [2.45, 2.75) is 0 Å². The fourth-order valence-electron chi connectivity index (χ4n) is 1.66. The van der Waals surface area contributed by atoms with Crippen LogP contribution in [0.25, 0.3) is 0 Å². The van der Waals surface area contributed by atoms with E-state index in [0.29, 0.717) is 17.0 Å². The summed E-state index contributed by atoms with van der Waals surface area (Å²) in [5.74, 6) is -0.571. The molecule has 5 nitrogen and oxygen atoms in total. The van der Waals surface area contributed by atoms with Gasteiger partial charge in [-0.25, -0.2) is 4.39 Å². The quantitative estimate of drug-likeness (QED) is 0.844. The molecular formula is C15H12FN3O2. The van der Waals surface area contributed by atoms with Crippen molar-refractivity contribution in [3.8, 4) is 11.8 Å². The minimum atomic E-state index is -0.440. The van der Waals surface area contributed by atoms with E-state index in [1.807, 2.05) is 6.07 Å². The van der Waals surface area contributed by atoms with Crippen LogP contribution in [0.4, 0.5) is 15.8 Å². The number of nitrogens with zero attached hydrogens (tertiary/aromatic N) is 1. The van der Waals surface area contributed by atoms with Crippen LogP contribution in [0.1, 0.15) is 5.56 Å². The van der Waals surface area contributed by atoms with Crippen molar-refractivity contribution in [1.29, 1.82) is 5.26 Å². The highest BCUT2D eigenvalue weighted by molar-refractivity contribution is 5.91. The summed E-state index contributed by atoms with van der Waals surface area (Å²) in [6.45, 7) is -0.271. The van der Waals surface area contributed by atoms with Crippen LogP contribution in [0.15, 0.2) is 42.5 Å². The van der Waals surface area contributed by atoms with Crippen molar-refractivity contribution in [2.24, 2.45) is 0 Å². The molecule has 0 unspecified atom stereocenters. The van der Waals surface area contributed by atoms with E-state index in [1.165, 1.54) is 36.4 Å². The Hall–Kier alpha value is -3.07. The Kier molecular flexibility index (Phi) is 4.36. The minimum Gasteiger partial charge on any atom is -0.482 e. The van der Waals surface area contributed by atoms with Gasteiger partial charge in [-0.2, -0.15) is 5.26 Å². The average Bonchev–Trinajstić information content (AvgIpc) is 2.46. The zero-order valence-electron chi connectivity index (χ0n) is 11.0. The van der Waals surface area contributed by atoms with Gasteiger partial charge < -0.3 is 15.8 Å². The molecule has 0 aliphatic heterocycles. The molecule has 0 fully saturated rings. The summed E-state index contributed by atoms with van der Waals surface area (Å²) in [7, 11) is 0. The van der Waals surface area contributed by atoms with E-state index in [9.17, 15) is 9.18 Å². The van der Waals surface area contributed by atoms with Gasteiger partial charge in [0.05, 0.1) is 17.3 Å². The minimum absolute atomic E-state index is 0.271. The van der Waals surface area contributed by atoms with Crippen LogP contribution in [-0.4, -0.2) is 12.5 Å². The Labute approximate surface area is 120 Å². The van der Waals surface area contributed by atoms with Gasteiger partial charge in [0, 0.05) is 5.69 Å². The Balaban J connectivity index is 1.94. The molecule has 0 atom stereocenters. The van der Waals surface area contributed by atoms with Gasteiger partial charge in [0.1, 0.15) is 11.6 Å². The lowest BCUT2D eigenvalue weighted by molar-refractivity contribution is -0.118. The molecular weight excluding hydrogens is 273 g/mol. The van der Waals surface area contributed by atoms with Crippen LogP contribution < -0.4 is 15.8 Å². The maximum Gasteiger partial charge on any atom is 0.262 e. The lowest BCUT2D eigenvalue weighted by Crippen LogP contribution is -2.20. The highest BCUT2D eigenvalue weighted by atomic mass is 19.1. The molecule has 21 heavy (non-hydrogen) atoms. The zero-order valence-corrected chi connectivity index (χ0v) is 11.0. The molecule has 2 aromatic rings. The number of nitriles is 1. The molecule has 0 radical (unpaired) electrons. The third-order valence-corrected chi connectivity index (χ3v) is 2.61. The van der Waals surface area contributed by atoms with E-state index < -0.39 is 11.7 Å². The number of nitrogens with one attached hydrogen (secondary N) is 1. The molecule has 0 aliphatic rings. The number of benzene rings is 2. The Morgan fingerprint density at radius 2 is 2.14 bits per heavy atom. The van der Waals surface area contributed by atoms with Crippen LogP contribution in [0, 0.1) is 17.1 Å². The second-order valence-electron chi connectivity index (χ2n) is 4.21. The van der Waals surface area contributed by atoms with Crippen LogP contribution >= 0.6 is 0 Å². The average molecular weight is 285 g/mol. The molecule has 0 bridgehead atoms. The van der Waals surface area contributed by atoms with Gasteiger partial charge in [0.2, 0.25) is 0 Å². The topological polar surface area (TPSA) is 88.1 Å². The smallest absolute Gasteiger partial charge is 0.262 e. The van der Waals surface area contributed by atoms with Gasteiger partial charge in [0.25, 0.3) is 5.91 Å². The molecule has 0 spiro atoms. The van der Waals surface area contributed by atoms with Crippen molar-refractivity contribution in [3.05, 3.63) is 53.8 Å². The first-order valence-corrected chi connectivity index (χ1v) is 6.06. The van der Waals surface area contributed by atoms with Crippen LogP contribution in [0.2, 0.25) is 0 Å². The highest BCUT2D eigenvalue weighted by Crippen LogP contribution is 2.22. The predicted molar refractivity (Wildman–Crippen MR) is 76.1 cm³/mol. The SMILES string of the molecule is N#Cc1ccc(OCC(=O)Nc2cccc(F)c2)c(N)c1. The number of ether oxygens (including phenoxy) is 1. The summed E-state index contributed by atoms with van der Waals surface area (Å²) in [5, 5.41) is 11.2. The zero-order chi connectivity index (χ0) is 15.2. The first-order chi connectivity index (χ1) is 10.1. The standard InChI is InChI=1S/C15H12FN3O2/c16-11-2-1-3-12(7-11)19-15(20)9-21-14-5-4-10(8-17)6-13(14)18/h1-7H,9,18H2,(H,19,20). The van der Waals surface area contributed by atoms with Crippen LogP contribution in [0.5, 0.6) is 5.75 Å². The summed E-state index contributed by atoms with van der Waals surface area (Å²) in [4.78, 5) is 11.7. The predicted octanol–water partition coefficient (Wildman–Crippen LogP) is 2.30. The number of nitrogen functional groups attached to an aromatic ring is 1. The molecule has 3 N–H and O–H groups in total. The van der Waals surface area contributed by atoms with Crippen molar-refractivity contribution in [3.63, 3.8) is 0 Å². The Bertz CT molecular complexity index is 710. The number of rotatable bonds is 4.